The second-order valence-electron chi connectivity index (χ2n) is 6.81. The molecule has 1 aromatic carbocycles. The van der Waals surface area contributed by atoms with Gasteiger partial charge >= 0.3 is 0 Å². The van der Waals surface area contributed by atoms with E-state index in [0.29, 0.717) is 12.5 Å². The number of benzene rings is 1. The van der Waals surface area contributed by atoms with E-state index < -0.39 is 5.54 Å². The molecular weight excluding hydrogens is 276 g/mol. The van der Waals surface area contributed by atoms with Gasteiger partial charge < -0.3 is 15.0 Å². The first kappa shape index (κ1) is 16.8. The molecule has 0 radical (unpaired) electrons. The van der Waals surface area contributed by atoms with Gasteiger partial charge in [0.2, 0.25) is 5.91 Å². The van der Waals surface area contributed by atoms with E-state index in [-0.39, 0.29) is 5.91 Å². The Balaban J connectivity index is 2.10. The van der Waals surface area contributed by atoms with E-state index in [9.17, 15) is 4.79 Å². The number of nitrogens with zero attached hydrogens (tertiary/aromatic N) is 1. The Hall–Kier alpha value is -1.55. The summed E-state index contributed by atoms with van der Waals surface area (Å²) in [6, 6.07) is 6.42. The Morgan fingerprint density at radius 2 is 2.18 bits per heavy atom. The Morgan fingerprint density at radius 1 is 1.45 bits per heavy atom. The number of hydrogen-bond donors (Lipinski definition) is 1. The summed E-state index contributed by atoms with van der Waals surface area (Å²) in [7, 11) is 3.77. The third-order valence-corrected chi connectivity index (χ3v) is 4.63. The van der Waals surface area contributed by atoms with Crippen LogP contribution in [-0.4, -0.2) is 37.6 Å². The van der Waals surface area contributed by atoms with Crippen molar-refractivity contribution in [1.29, 1.82) is 0 Å². The number of likely N-dealkylation sites (tertiary alicyclic amines) is 1. The number of nitrogens with one attached hydrogen (secondary N) is 1. The lowest BCUT2D eigenvalue weighted by atomic mass is 9.91. The summed E-state index contributed by atoms with van der Waals surface area (Å²) in [6.45, 7) is 7.17. The molecule has 0 aliphatic carbocycles. The third-order valence-electron chi connectivity index (χ3n) is 4.63. The number of methoxy groups -OCH3 is 1. The Bertz CT molecular complexity index is 540. The quantitative estimate of drug-likeness (QED) is 0.909. The van der Waals surface area contributed by atoms with Crippen molar-refractivity contribution in [3.8, 4) is 5.75 Å². The molecule has 122 valence electrons. The molecule has 1 aliphatic rings. The van der Waals surface area contributed by atoms with Crippen LogP contribution in [0.2, 0.25) is 0 Å². The average Bonchev–Trinajstić information content (AvgIpc) is 2.83. The maximum absolute atomic E-state index is 12.4. The van der Waals surface area contributed by atoms with E-state index >= 15 is 0 Å². The van der Waals surface area contributed by atoms with Gasteiger partial charge in [0.15, 0.2) is 0 Å². The molecule has 1 atom stereocenters. The minimum Gasteiger partial charge on any atom is -0.496 e. The Morgan fingerprint density at radius 3 is 2.77 bits per heavy atom. The molecule has 0 unspecified atom stereocenters. The summed E-state index contributed by atoms with van der Waals surface area (Å²) in [5.41, 5.74) is 1.65. The smallest absolute Gasteiger partial charge is 0.222 e. The number of amides is 1. The van der Waals surface area contributed by atoms with Crippen molar-refractivity contribution in [3.05, 3.63) is 29.3 Å². The van der Waals surface area contributed by atoms with Crippen molar-refractivity contribution in [2.45, 2.75) is 51.6 Å². The first-order valence-corrected chi connectivity index (χ1v) is 8.00. The standard InChI is InChI=1S/C18H28N2O2/c1-13-8-6-10-15(17(13)22-5)18(2,3)19-16(21)12-14-9-7-11-20(14)4/h6,8,10,14H,7,9,11-12H2,1-5H3,(H,19,21)/t14-/m0/s1. The molecule has 0 spiro atoms. The zero-order valence-corrected chi connectivity index (χ0v) is 14.4. The fourth-order valence-electron chi connectivity index (χ4n) is 3.33. The summed E-state index contributed by atoms with van der Waals surface area (Å²) >= 11 is 0. The van der Waals surface area contributed by atoms with Crippen molar-refractivity contribution in [1.82, 2.24) is 10.2 Å². The second-order valence-corrected chi connectivity index (χ2v) is 6.81. The number of ether oxygens (including phenoxy) is 1. The van der Waals surface area contributed by atoms with Gasteiger partial charge in [0.1, 0.15) is 5.75 Å². The number of hydrogen-bond acceptors (Lipinski definition) is 3. The van der Waals surface area contributed by atoms with Crippen molar-refractivity contribution in [2.24, 2.45) is 0 Å². The summed E-state index contributed by atoms with van der Waals surface area (Å²) in [6.07, 6.45) is 2.86. The van der Waals surface area contributed by atoms with E-state index in [1.54, 1.807) is 7.11 Å². The minimum absolute atomic E-state index is 0.104. The van der Waals surface area contributed by atoms with Crippen LogP contribution in [0, 0.1) is 6.92 Å². The highest BCUT2D eigenvalue weighted by Gasteiger charge is 2.29. The van der Waals surface area contributed by atoms with Crippen LogP contribution in [0.1, 0.15) is 44.2 Å². The van der Waals surface area contributed by atoms with Crippen molar-refractivity contribution < 1.29 is 9.53 Å². The highest BCUT2D eigenvalue weighted by atomic mass is 16.5. The fraction of sp³-hybridized carbons (Fsp3) is 0.611. The lowest BCUT2D eigenvalue weighted by Gasteiger charge is -2.30. The average molecular weight is 304 g/mol. The van der Waals surface area contributed by atoms with E-state index in [0.717, 1.165) is 29.8 Å². The van der Waals surface area contributed by atoms with Gasteiger partial charge in [0, 0.05) is 18.0 Å². The molecule has 0 bridgehead atoms. The molecule has 0 aromatic heterocycles. The highest BCUT2D eigenvalue weighted by molar-refractivity contribution is 5.77. The van der Waals surface area contributed by atoms with Crippen molar-refractivity contribution in [2.75, 3.05) is 20.7 Å². The molecule has 0 saturated carbocycles. The van der Waals surface area contributed by atoms with E-state index in [1.807, 2.05) is 39.0 Å². The van der Waals surface area contributed by atoms with Crippen LogP contribution in [0.4, 0.5) is 0 Å². The third kappa shape index (κ3) is 3.61. The maximum Gasteiger partial charge on any atom is 0.222 e. The predicted octanol–water partition coefficient (Wildman–Crippen LogP) is 2.84. The summed E-state index contributed by atoms with van der Waals surface area (Å²) in [5, 5.41) is 3.18. The molecule has 2 rings (SSSR count). The molecule has 1 heterocycles. The van der Waals surface area contributed by atoms with Crippen LogP contribution < -0.4 is 10.1 Å². The SMILES string of the molecule is COc1c(C)cccc1C(C)(C)NC(=O)C[C@@H]1CCCN1C. The Labute approximate surface area is 133 Å². The lowest BCUT2D eigenvalue weighted by Crippen LogP contribution is -2.43. The van der Waals surface area contributed by atoms with E-state index in [4.69, 9.17) is 4.74 Å². The topological polar surface area (TPSA) is 41.6 Å². The van der Waals surface area contributed by atoms with Crippen LogP contribution >= 0.6 is 0 Å². The second kappa shape index (κ2) is 6.69. The first-order valence-electron chi connectivity index (χ1n) is 8.00. The molecular formula is C18H28N2O2. The van der Waals surface area contributed by atoms with Gasteiger partial charge in [0.25, 0.3) is 0 Å². The van der Waals surface area contributed by atoms with Gasteiger partial charge in [-0.15, -0.1) is 0 Å². The molecule has 1 aromatic rings. The molecule has 1 amide bonds. The van der Waals surface area contributed by atoms with Gasteiger partial charge in [-0.25, -0.2) is 0 Å². The number of carbonyl (C=O) groups is 1. The van der Waals surface area contributed by atoms with Crippen LogP contribution in [0.25, 0.3) is 0 Å². The number of rotatable bonds is 5. The van der Waals surface area contributed by atoms with Crippen LogP contribution in [0.15, 0.2) is 18.2 Å². The molecule has 1 saturated heterocycles. The zero-order valence-electron chi connectivity index (χ0n) is 14.4. The monoisotopic (exact) mass is 304 g/mol. The maximum atomic E-state index is 12.4. The van der Waals surface area contributed by atoms with Crippen LogP contribution in [0.5, 0.6) is 5.75 Å². The minimum atomic E-state index is -0.453. The van der Waals surface area contributed by atoms with Crippen LogP contribution in [0.3, 0.4) is 0 Å². The van der Waals surface area contributed by atoms with E-state index in [2.05, 4.69) is 17.3 Å². The first-order chi connectivity index (χ1) is 10.3. The van der Waals surface area contributed by atoms with Gasteiger partial charge in [-0.2, -0.15) is 0 Å². The largest absolute Gasteiger partial charge is 0.496 e. The van der Waals surface area contributed by atoms with Gasteiger partial charge in [0.05, 0.1) is 12.6 Å². The fourth-order valence-corrected chi connectivity index (χ4v) is 3.33. The Kier molecular flexibility index (Phi) is 5.12. The van der Waals surface area contributed by atoms with Gasteiger partial charge in [-0.3, -0.25) is 4.79 Å². The number of aryl methyl sites for hydroxylation is 1. The lowest BCUT2D eigenvalue weighted by molar-refractivity contribution is -0.123. The highest BCUT2D eigenvalue weighted by Crippen LogP contribution is 2.32. The van der Waals surface area contributed by atoms with Crippen molar-refractivity contribution >= 4 is 5.91 Å². The van der Waals surface area contributed by atoms with Gasteiger partial charge in [-0.1, -0.05) is 18.2 Å². The predicted molar refractivity (Wildman–Crippen MR) is 89.2 cm³/mol. The molecule has 4 nitrogen and oxygen atoms in total. The zero-order chi connectivity index (χ0) is 16.3. The van der Waals surface area contributed by atoms with Crippen LogP contribution in [-0.2, 0) is 10.3 Å². The van der Waals surface area contributed by atoms with E-state index in [1.165, 1.54) is 6.42 Å². The molecule has 22 heavy (non-hydrogen) atoms. The number of carbonyl (C=O) groups excluding carboxylic acids is 1. The molecule has 1 N–H and O–H groups in total. The summed E-state index contributed by atoms with van der Waals surface area (Å²) < 4.78 is 5.53. The van der Waals surface area contributed by atoms with Crippen molar-refractivity contribution in [3.63, 3.8) is 0 Å². The van der Waals surface area contributed by atoms with Gasteiger partial charge in [-0.05, 0) is 52.8 Å². The molecule has 1 aliphatic heterocycles. The molecule has 4 heteroatoms. The molecule has 1 fully saturated rings. The summed E-state index contributed by atoms with van der Waals surface area (Å²) in [4.78, 5) is 14.7. The normalized spacial score (nSPS) is 19.2. The summed E-state index contributed by atoms with van der Waals surface area (Å²) in [5.74, 6) is 0.957. The number of para-hydroxylation sites is 1.